The molecule has 4 aliphatic carbocycles. The van der Waals surface area contributed by atoms with Crippen molar-refractivity contribution in [2.45, 2.75) is 185 Å². The lowest BCUT2D eigenvalue weighted by Crippen LogP contribution is -2.52. The first-order chi connectivity index (χ1) is 45.9. The Labute approximate surface area is 557 Å². The average molecular weight is 1390 g/mol. The molecule has 8 aliphatic rings. The Balaban J connectivity index is 0.000000156. The van der Waals surface area contributed by atoms with Gasteiger partial charge in [0.1, 0.15) is 29.0 Å². The van der Waals surface area contributed by atoms with Gasteiger partial charge in [-0.1, -0.05) is 36.4 Å². The summed E-state index contributed by atoms with van der Waals surface area (Å²) in [5.41, 5.74) is 2.06. The van der Waals surface area contributed by atoms with Gasteiger partial charge in [-0.15, -0.1) is 0 Å². The highest BCUT2D eigenvalue weighted by atomic mass is 32.2. The SMILES string of the molecule is Cc1ccc(C2CCC(F)(F)CC2)c(OC2(C(=O)NS(=O)(=O)c3cccc(F)n3)CC2)c1.Cc1ccc(C2CCC(F)(F)CC2)c(OC2(C(=O)NS(=O)(=O)c3cccc(N4CCC5(CC4)CC(=O)c4cc(F)ccc4N5)n3)CC2)c1.O=C1CC2(CCNCC2)Nc2ccc(F)cc21. The third kappa shape index (κ3) is 15.6. The van der Waals surface area contributed by atoms with E-state index < -0.39 is 77.2 Å². The zero-order valence-electron chi connectivity index (χ0n) is 53.5. The minimum Gasteiger partial charge on any atom is -0.477 e. The molecule has 4 saturated carbocycles. The van der Waals surface area contributed by atoms with Crippen molar-refractivity contribution in [2.75, 3.05) is 41.7 Å². The van der Waals surface area contributed by atoms with Crippen LogP contribution in [0.4, 0.5) is 47.9 Å². The number of hydrogen-bond acceptors (Lipinski definition) is 16. The quantitative estimate of drug-likeness (QED) is 0.0533. The number of aryl methyl sites for hydroxylation is 2. The number of nitrogens with one attached hydrogen (secondary N) is 5. The number of carbonyl (C=O) groups excluding carboxylic acids is 4. The Morgan fingerprint density at radius 3 is 1.38 bits per heavy atom. The van der Waals surface area contributed by atoms with E-state index >= 15 is 0 Å². The van der Waals surface area contributed by atoms with E-state index in [2.05, 4.69) is 30.6 Å². The molecule has 6 heterocycles. The second-order valence-electron chi connectivity index (χ2n) is 27.2. The second-order valence-corrected chi connectivity index (χ2v) is 30.4. The zero-order chi connectivity index (χ0) is 68.9. The Kier molecular flexibility index (Phi) is 18.8. The van der Waals surface area contributed by atoms with Gasteiger partial charge in [0, 0.05) is 111 Å². The minimum atomic E-state index is -4.38. The van der Waals surface area contributed by atoms with Gasteiger partial charge in [0.05, 0.1) is 0 Å². The summed E-state index contributed by atoms with van der Waals surface area (Å²) < 4.78 is 163. The first-order valence-electron chi connectivity index (χ1n) is 32.7. The van der Waals surface area contributed by atoms with Crippen LogP contribution in [0, 0.1) is 31.4 Å². The first kappa shape index (κ1) is 68.8. The highest BCUT2D eigenvalue weighted by Gasteiger charge is 2.56. The van der Waals surface area contributed by atoms with Gasteiger partial charge in [-0.25, -0.2) is 45.8 Å². The third-order valence-corrected chi connectivity index (χ3v) is 22.3. The average Bonchev–Trinajstić information content (AvgIpc) is 1.69. The van der Waals surface area contributed by atoms with E-state index in [4.69, 9.17) is 9.47 Å². The van der Waals surface area contributed by atoms with Crippen molar-refractivity contribution in [1.82, 2.24) is 24.7 Å². The molecule has 6 aromatic rings. The molecule has 18 nitrogen and oxygen atoms in total. The van der Waals surface area contributed by atoms with Gasteiger partial charge >= 0.3 is 0 Å². The summed E-state index contributed by atoms with van der Waals surface area (Å²) in [6, 6.07) is 27.3. The molecule has 2 amide bonds. The highest BCUT2D eigenvalue weighted by molar-refractivity contribution is 7.90. The molecular formula is C70H75F7N8O10S2. The summed E-state index contributed by atoms with van der Waals surface area (Å²) in [7, 11) is -8.75. The van der Waals surface area contributed by atoms with Crippen LogP contribution in [0.25, 0.3) is 0 Å². The summed E-state index contributed by atoms with van der Waals surface area (Å²) >= 11 is 0. The predicted octanol–water partition coefficient (Wildman–Crippen LogP) is 12.5. The standard InChI is InChI=1S/C35H37F3N4O5S.C22H23F3N2O4S.C13H15FN2O/c1-22-5-7-25(23-9-11-35(37,38)12-10-23)29(19-22)47-34(13-14-34)32(44)41-48(45,46)31-4-2-3-30(39-31)42-17-15-33(16-18-42)21-28(43)26-20-24(36)6-8-27(26)40-33;1-14-5-6-16(15-7-9-22(24,25)10-8-15)17(13-14)31-21(11-12-21)20(28)27-32(29,30)19-4-2-3-18(23)26-19;14-9-1-2-11-10(7-9)12(17)8-13(16-11)3-5-15-6-4-13/h2-8,19-20,23,40H,9-18,21H2,1H3,(H,41,44);2-6,13,15H,7-12H2,1H3,(H,27,28);1-2,7,15-16H,3-6,8H2. The van der Waals surface area contributed by atoms with Gasteiger partial charge in [-0.3, -0.25) is 19.2 Å². The maximum atomic E-state index is 13.8. The van der Waals surface area contributed by atoms with Crippen LogP contribution in [-0.2, 0) is 29.6 Å². The number of hydrogen-bond donors (Lipinski definition) is 5. The van der Waals surface area contributed by atoms with Gasteiger partial charge < -0.3 is 30.3 Å². The molecule has 14 rings (SSSR count). The van der Waals surface area contributed by atoms with E-state index in [9.17, 15) is 66.7 Å². The molecule has 6 fully saturated rings. The van der Waals surface area contributed by atoms with Crippen molar-refractivity contribution in [1.29, 1.82) is 0 Å². The number of carbonyl (C=O) groups is 4. The van der Waals surface area contributed by atoms with Crippen LogP contribution < -0.4 is 39.8 Å². The molecule has 27 heteroatoms. The molecule has 0 radical (unpaired) electrons. The fourth-order valence-electron chi connectivity index (χ4n) is 13.9. The molecule has 0 bridgehead atoms. The van der Waals surface area contributed by atoms with Crippen molar-refractivity contribution in [3.05, 3.63) is 160 Å². The number of piperidine rings is 2. The number of nitrogens with zero attached hydrogens (tertiary/aromatic N) is 3. The van der Waals surface area contributed by atoms with Crippen LogP contribution in [0.3, 0.4) is 0 Å². The van der Waals surface area contributed by atoms with E-state index in [1.54, 1.807) is 36.4 Å². The van der Waals surface area contributed by atoms with E-state index in [1.807, 2.05) is 47.7 Å². The molecule has 516 valence electrons. The van der Waals surface area contributed by atoms with Crippen LogP contribution in [-0.4, -0.2) is 110 Å². The fraction of sp³-hybridized carbons (Fsp3) is 0.457. The smallest absolute Gasteiger partial charge is 0.281 e. The van der Waals surface area contributed by atoms with Gasteiger partial charge in [0.15, 0.2) is 32.8 Å². The Morgan fingerprint density at radius 2 is 0.948 bits per heavy atom. The van der Waals surface area contributed by atoms with Gasteiger partial charge in [-0.05, 0) is 185 Å². The number of sulfonamides is 2. The molecule has 0 atom stereocenters. The first-order valence-corrected chi connectivity index (χ1v) is 35.7. The van der Waals surface area contributed by atoms with E-state index in [1.165, 1.54) is 36.4 Å². The fourth-order valence-corrected chi connectivity index (χ4v) is 15.9. The lowest BCUT2D eigenvalue weighted by Gasteiger charge is -2.45. The van der Waals surface area contributed by atoms with Gasteiger partial charge in [0.25, 0.3) is 31.9 Å². The number of halogens is 7. The van der Waals surface area contributed by atoms with Gasteiger partial charge in [-0.2, -0.15) is 21.2 Å². The van der Waals surface area contributed by atoms with Crippen LogP contribution >= 0.6 is 0 Å². The van der Waals surface area contributed by atoms with E-state index in [0.29, 0.717) is 118 Å². The van der Waals surface area contributed by atoms with Crippen LogP contribution in [0.15, 0.2) is 119 Å². The number of amides is 2. The van der Waals surface area contributed by atoms with Crippen LogP contribution in [0.1, 0.15) is 170 Å². The van der Waals surface area contributed by atoms with Crippen molar-refractivity contribution < 1.29 is 76.2 Å². The maximum absolute atomic E-state index is 13.8. The Bertz CT molecular complexity index is 4270. The monoisotopic (exact) mass is 1380 g/mol. The number of ketones is 2. The number of pyridine rings is 2. The summed E-state index contributed by atoms with van der Waals surface area (Å²) in [4.78, 5) is 60.9. The van der Waals surface area contributed by atoms with E-state index in [0.717, 1.165) is 66.0 Å². The molecule has 0 unspecified atom stereocenters. The number of fused-ring (bicyclic) bond motifs is 2. The van der Waals surface area contributed by atoms with Crippen molar-refractivity contribution in [3.63, 3.8) is 0 Å². The third-order valence-electron chi connectivity index (χ3n) is 19.9. The topological polar surface area (TPSA) is 244 Å². The lowest BCUT2D eigenvalue weighted by molar-refractivity contribution is -0.128. The number of rotatable bonds is 13. The Hall–Kier alpha value is -8.17. The van der Waals surface area contributed by atoms with Crippen LogP contribution in [0.2, 0.25) is 0 Å². The summed E-state index contributed by atoms with van der Waals surface area (Å²) in [5.74, 6) is -7.92. The molecule has 2 saturated heterocycles. The number of benzene rings is 4. The molecule has 4 aromatic carbocycles. The van der Waals surface area contributed by atoms with Crippen LogP contribution in [0.5, 0.6) is 11.5 Å². The number of alkyl halides is 4. The highest BCUT2D eigenvalue weighted by Crippen LogP contribution is 2.50. The summed E-state index contributed by atoms with van der Waals surface area (Å²) in [5, 5.41) is 9.26. The summed E-state index contributed by atoms with van der Waals surface area (Å²) in [6.07, 6.45) is 5.28. The number of ether oxygens (including phenoxy) is 2. The molecule has 5 N–H and O–H groups in total. The normalized spacial score (nSPS) is 20.9. The predicted molar refractivity (Wildman–Crippen MR) is 346 cm³/mol. The zero-order valence-corrected chi connectivity index (χ0v) is 55.1. The molecule has 2 aromatic heterocycles. The number of aromatic nitrogens is 2. The Morgan fingerprint density at radius 1 is 0.526 bits per heavy atom. The number of anilines is 3. The molecule has 4 aliphatic heterocycles. The second kappa shape index (κ2) is 26.6. The summed E-state index contributed by atoms with van der Waals surface area (Å²) in [6.45, 7) is 6.55. The van der Waals surface area contributed by atoms with Crippen molar-refractivity contribution in [3.8, 4) is 11.5 Å². The van der Waals surface area contributed by atoms with Gasteiger partial charge in [0.2, 0.25) is 17.8 Å². The molecule has 2 spiro atoms. The molecule has 97 heavy (non-hydrogen) atoms. The molecular weight excluding hydrogens is 1310 g/mol. The van der Waals surface area contributed by atoms with Crippen molar-refractivity contribution in [2.24, 2.45) is 0 Å². The van der Waals surface area contributed by atoms with Crippen molar-refractivity contribution >= 4 is 60.6 Å². The lowest BCUT2D eigenvalue weighted by atomic mass is 9.78. The van der Waals surface area contributed by atoms with E-state index in [-0.39, 0.29) is 71.9 Å². The largest absolute Gasteiger partial charge is 0.477 e. The maximum Gasteiger partial charge on any atom is 0.281 e. The number of Topliss-reactive ketones (excluding diaryl/α,β-unsaturated/α-hetero) is 2. The minimum absolute atomic E-state index is 0.0557.